The lowest BCUT2D eigenvalue weighted by Crippen LogP contribution is -2.13. The van der Waals surface area contributed by atoms with Crippen molar-refractivity contribution in [2.45, 2.75) is 13.3 Å². The molecule has 2 N–H and O–H groups in total. The van der Waals surface area contributed by atoms with E-state index < -0.39 is 11.6 Å². The summed E-state index contributed by atoms with van der Waals surface area (Å²) in [5.74, 6) is -1.04. The summed E-state index contributed by atoms with van der Waals surface area (Å²) in [6, 6.07) is 3.50. The quantitative estimate of drug-likeness (QED) is 0.818. The summed E-state index contributed by atoms with van der Waals surface area (Å²) in [6.45, 7) is 3.07. The number of hydrogen-bond acceptors (Lipinski definition) is 2. The van der Waals surface area contributed by atoms with Gasteiger partial charge in [0.25, 0.3) is 0 Å². The predicted octanol–water partition coefficient (Wildman–Crippen LogP) is 2.33. The molecule has 15 heavy (non-hydrogen) atoms. The third kappa shape index (κ3) is 3.83. The topological polar surface area (TPSA) is 35.2 Å². The Bertz CT molecular complexity index is 317. The Balaban J connectivity index is 2.41. The van der Waals surface area contributed by atoms with Gasteiger partial charge in [0, 0.05) is 6.07 Å². The van der Waals surface area contributed by atoms with Gasteiger partial charge in [-0.05, 0) is 31.0 Å². The van der Waals surface area contributed by atoms with Gasteiger partial charge in [-0.3, -0.25) is 0 Å². The Morgan fingerprint density at radius 2 is 2.07 bits per heavy atom. The summed E-state index contributed by atoms with van der Waals surface area (Å²) in [5.41, 5.74) is 5.43. The molecule has 0 bridgehead atoms. The van der Waals surface area contributed by atoms with Crippen molar-refractivity contribution < 1.29 is 13.5 Å². The van der Waals surface area contributed by atoms with E-state index in [2.05, 4.69) is 0 Å². The molecule has 84 valence electrons. The van der Waals surface area contributed by atoms with E-state index in [1.54, 1.807) is 0 Å². The van der Waals surface area contributed by atoms with Crippen LogP contribution >= 0.6 is 0 Å². The molecule has 1 aromatic rings. The smallest absolute Gasteiger partial charge is 0.162 e. The lowest BCUT2D eigenvalue weighted by atomic mass is 10.1. The molecule has 1 unspecified atom stereocenters. The second kappa shape index (κ2) is 5.66. The number of nitrogens with two attached hydrogens (primary N) is 1. The Hall–Kier alpha value is -1.16. The van der Waals surface area contributed by atoms with Gasteiger partial charge in [0.1, 0.15) is 5.75 Å². The Labute approximate surface area is 88.0 Å². The second-order valence-electron chi connectivity index (χ2n) is 3.55. The van der Waals surface area contributed by atoms with Gasteiger partial charge in [-0.2, -0.15) is 0 Å². The Morgan fingerprint density at radius 3 is 2.67 bits per heavy atom. The molecule has 0 fully saturated rings. The third-order valence-electron chi connectivity index (χ3n) is 2.17. The minimum Gasteiger partial charge on any atom is -0.493 e. The molecule has 0 saturated carbocycles. The van der Waals surface area contributed by atoms with E-state index in [9.17, 15) is 8.78 Å². The van der Waals surface area contributed by atoms with Crippen molar-refractivity contribution in [3.8, 4) is 5.75 Å². The summed E-state index contributed by atoms with van der Waals surface area (Å²) in [6.07, 6.45) is 0.801. The van der Waals surface area contributed by atoms with Crippen LogP contribution in [0.25, 0.3) is 0 Å². The fourth-order valence-corrected chi connectivity index (χ4v) is 1.06. The Morgan fingerprint density at radius 1 is 1.33 bits per heavy atom. The van der Waals surface area contributed by atoms with Crippen LogP contribution in [0.4, 0.5) is 8.78 Å². The summed E-state index contributed by atoms with van der Waals surface area (Å²) >= 11 is 0. The lowest BCUT2D eigenvalue weighted by Gasteiger charge is -2.09. The molecule has 0 aliphatic carbocycles. The highest BCUT2D eigenvalue weighted by Gasteiger charge is 2.04. The normalized spacial score (nSPS) is 12.5. The van der Waals surface area contributed by atoms with Gasteiger partial charge in [-0.1, -0.05) is 6.92 Å². The van der Waals surface area contributed by atoms with Crippen molar-refractivity contribution in [2.75, 3.05) is 13.2 Å². The number of rotatable bonds is 5. The molecule has 1 aromatic carbocycles. The molecule has 2 nitrogen and oxygen atoms in total. The first-order valence-corrected chi connectivity index (χ1v) is 4.91. The number of halogens is 2. The van der Waals surface area contributed by atoms with E-state index >= 15 is 0 Å². The molecule has 0 aromatic heterocycles. The molecule has 0 saturated heterocycles. The highest BCUT2D eigenvalue weighted by Crippen LogP contribution is 2.15. The van der Waals surface area contributed by atoms with Gasteiger partial charge >= 0.3 is 0 Å². The van der Waals surface area contributed by atoms with Gasteiger partial charge in [-0.15, -0.1) is 0 Å². The zero-order valence-corrected chi connectivity index (χ0v) is 8.67. The van der Waals surface area contributed by atoms with Gasteiger partial charge in [-0.25, -0.2) is 8.78 Å². The maximum atomic E-state index is 12.8. The summed E-state index contributed by atoms with van der Waals surface area (Å²) in [5, 5.41) is 0. The Kier molecular flexibility index (Phi) is 4.49. The van der Waals surface area contributed by atoms with E-state index in [1.807, 2.05) is 6.92 Å². The monoisotopic (exact) mass is 215 g/mol. The molecule has 0 amide bonds. The molecule has 0 aliphatic heterocycles. The first-order chi connectivity index (χ1) is 7.13. The highest BCUT2D eigenvalue weighted by molar-refractivity contribution is 5.23. The van der Waals surface area contributed by atoms with E-state index in [0.29, 0.717) is 24.8 Å². The molecular weight excluding hydrogens is 200 g/mol. The molecule has 0 spiro atoms. The molecule has 1 atom stereocenters. The molecule has 0 aliphatic rings. The maximum absolute atomic E-state index is 12.8. The van der Waals surface area contributed by atoms with Gasteiger partial charge in [0.2, 0.25) is 0 Å². The minimum absolute atomic E-state index is 0.345. The van der Waals surface area contributed by atoms with Crippen molar-refractivity contribution in [3.63, 3.8) is 0 Å². The van der Waals surface area contributed by atoms with Crippen LogP contribution in [0.1, 0.15) is 13.3 Å². The van der Waals surface area contributed by atoms with Crippen LogP contribution in [-0.4, -0.2) is 13.2 Å². The van der Waals surface area contributed by atoms with Crippen molar-refractivity contribution in [2.24, 2.45) is 11.7 Å². The van der Waals surface area contributed by atoms with E-state index in [4.69, 9.17) is 10.5 Å². The fourth-order valence-electron chi connectivity index (χ4n) is 1.06. The molecular formula is C11H15F2NO. The molecule has 1 rings (SSSR count). The lowest BCUT2D eigenvalue weighted by molar-refractivity contribution is 0.283. The van der Waals surface area contributed by atoms with Crippen LogP contribution in [-0.2, 0) is 0 Å². The SMILES string of the molecule is CC(CN)CCOc1ccc(F)c(F)c1. The zero-order chi connectivity index (χ0) is 11.3. The summed E-state index contributed by atoms with van der Waals surface area (Å²) in [7, 11) is 0. The van der Waals surface area contributed by atoms with E-state index in [1.165, 1.54) is 6.07 Å². The van der Waals surface area contributed by atoms with Crippen molar-refractivity contribution >= 4 is 0 Å². The fraction of sp³-hybridized carbons (Fsp3) is 0.455. The standard InChI is InChI=1S/C11H15F2NO/c1-8(7-14)4-5-15-9-2-3-10(12)11(13)6-9/h2-3,6,8H,4-5,7,14H2,1H3. The van der Waals surface area contributed by atoms with Crippen LogP contribution in [0, 0.1) is 17.6 Å². The molecule has 4 heteroatoms. The number of hydrogen-bond donors (Lipinski definition) is 1. The van der Waals surface area contributed by atoms with Crippen molar-refractivity contribution in [1.29, 1.82) is 0 Å². The maximum Gasteiger partial charge on any atom is 0.162 e. The number of ether oxygens (including phenoxy) is 1. The van der Waals surface area contributed by atoms with Crippen LogP contribution in [0.2, 0.25) is 0 Å². The third-order valence-corrected chi connectivity index (χ3v) is 2.17. The van der Waals surface area contributed by atoms with E-state index in [-0.39, 0.29) is 0 Å². The van der Waals surface area contributed by atoms with Crippen LogP contribution < -0.4 is 10.5 Å². The van der Waals surface area contributed by atoms with Gasteiger partial charge in [0.05, 0.1) is 6.61 Å². The van der Waals surface area contributed by atoms with Crippen molar-refractivity contribution in [1.82, 2.24) is 0 Å². The molecule has 0 heterocycles. The van der Waals surface area contributed by atoms with Crippen LogP contribution in [0.3, 0.4) is 0 Å². The first-order valence-electron chi connectivity index (χ1n) is 4.91. The van der Waals surface area contributed by atoms with Crippen molar-refractivity contribution in [3.05, 3.63) is 29.8 Å². The zero-order valence-electron chi connectivity index (χ0n) is 8.67. The largest absolute Gasteiger partial charge is 0.493 e. The second-order valence-corrected chi connectivity index (χ2v) is 3.55. The van der Waals surface area contributed by atoms with Gasteiger partial charge < -0.3 is 10.5 Å². The average molecular weight is 215 g/mol. The van der Waals surface area contributed by atoms with Crippen LogP contribution in [0.5, 0.6) is 5.75 Å². The van der Waals surface area contributed by atoms with Crippen LogP contribution in [0.15, 0.2) is 18.2 Å². The number of benzene rings is 1. The highest BCUT2D eigenvalue weighted by atomic mass is 19.2. The molecule has 0 radical (unpaired) electrons. The predicted molar refractivity (Wildman–Crippen MR) is 54.7 cm³/mol. The first kappa shape index (κ1) is 11.9. The van der Waals surface area contributed by atoms with Gasteiger partial charge in [0.15, 0.2) is 11.6 Å². The summed E-state index contributed by atoms with van der Waals surface area (Å²) < 4.78 is 30.6. The minimum atomic E-state index is -0.889. The van der Waals surface area contributed by atoms with E-state index in [0.717, 1.165) is 18.6 Å². The summed E-state index contributed by atoms with van der Waals surface area (Å²) in [4.78, 5) is 0. The average Bonchev–Trinajstić information content (AvgIpc) is 2.23.